The molecule has 0 bridgehead atoms. The van der Waals surface area contributed by atoms with Gasteiger partial charge in [0, 0.05) is 0 Å². The molecule has 0 aromatic heterocycles. The highest BCUT2D eigenvalue weighted by atomic mass is 16.4. The standard InChI is InChI=1S/C18H15N3O2/c22-18-17(21-23)16(19-12-14-9-5-2-6-10-14)15(20-18)11-13-7-3-1-4-8-13/h1-11,23H,12H2,(H,20,22). The lowest BCUT2D eigenvalue weighted by Crippen LogP contribution is -2.19. The Labute approximate surface area is 133 Å². The number of hydrogen-bond acceptors (Lipinski definition) is 4. The van der Waals surface area contributed by atoms with Gasteiger partial charge in [-0.2, -0.15) is 0 Å². The summed E-state index contributed by atoms with van der Waals surface area (Å²) in [5.74, 6) is -0.457. The first kappa shape index (κ1) is 14.7. The highest BCUT2D eigenvalue weighted by molar-refractivity contribution is 6.74. The molecule has 1 amide bonds. The largest absolute Gasteiger partial charge is 0.410 e. The Hall–Kier alpha value is -3.21. The molecule has 0 radical (unpaired) electrons. The van der Waals surface area contributed by atoms with Crippen LogP contribution in [0.5, 0.6) is 0 Å². The van der Waals surface area contributed by atoms with Crippen molar-refractivity contribution in [2.75, 3.05) is 0 Å². The summed E-state index contributed by atoms with van der Waals surface area (Å²) in [4.78, 5) is 16.4. The van der Waals surface area contributed by atoms with Gasteiger partial charge in [0.15, 0.2) is 5.71 Å². The molecular weight excluding hydrogens is 290 g/mol. The fraction of sp³-hybridized carbons (Fsp3) is 0.0556. The number of rotatable bonds is 3. The molecule has 0 unspecified atom stereocenters. The zero-order valence-electron chi connectivity index (χ0n) is 12.3. The van der Waals surface area contributed by atoms with Crippen molar-refractivity contribution >= 4 is 23.4 Å². The van der Waals surface area contributed by atoms with Crippen LogP contribution in [0.1, 0.15) is 11.1 Å². The van der Waals surface area contributed by atoms with E-state index >= 15 is 0 Å². The van der Waals surface area contributed by atoms with Gasteiger partial charge in [-0.15, -0.1) is 0 Å². The Morgan fingerprint density at radius 3 is 2.26 bits per heavy atom. The Bertz CT molecular complexity index is 794. The van der Waals surface area contributed by atoms with Crippen molar-refractivity contribution < 1.29 is 10.0 Å². The van der Waals surface area contributed by atoms with Gasteiger partial charge in [0.05, 0.1) is 12.2 Å². The maximum absolute atomic E-state index is 11.9. The van der Waals surface area contributed by atoms with Gasteiger partial charge < -0.3 is 10.5 Å². The maximum atomic E-state index is 11.9. The summed E-state index contributed by atoms with van der Waals surface area (Å²) in [6.45, 7) is 0.399. The van der Waals surface area contributed by atoms with Gasteiger partial charge in [-0.25, -0.2) is 0 Å². The van der Waals surface area contributed by atoms with Gasteiger partial charge in [0.25, 0.3) is 5.91 Å². The number of carbonyl (C=O) groups is 1. The molecule has 1 aliphatic heterocycles. The molecule has 5 heteroatoms. The lowest BCUT2D eigenvalue weighted by Gasteiger charge is -2.01. The minimum absolute atomic E-state index is 0.0666. The number of benzene rings is 2. The van der Waals surface area contributed by atoms with Crippen LogP contribution in [0, 0.1) is 0 Å². The summed E-state index contributed by atoms with van der Waals surface area (Å²) in [5.41, 5.74) is 2.77. The molecule has 0 saturated carbocycles. The van der Waals surface area contributed by atoms with Crippen LogP contribution in [-0.2, 0) is 11.3 Å². The minimum atomic E-state index is -0.457. The Kier molecular flexibility index (Phi) is 4.29. The Balaban J connectivity index is 1.95. The predicted octanol–water partition coefficient (Wildman–Crippen LogP) is 2.63. The zero-order chi connectivity index (χ0) is 16.1. The zero-order valence-corrected chi connectivity index (χ0v) is 12.3. The van der Waals surface area contributed by atoms with Crippen molar-refractivity contribution in [2.45, 2.75) is 6.54 Å². The second kappa shape index (κ2) is 6.70. The number of nitrogens with one attached hydrogen (secondary N) is 1. The molecule has 2 N–H and O–H groups in total. The molecule has 2 aromatic rings. The van der Waals surface area contributed by atoms with Crippen molar-refractivity contribution in [1.82, 2.24) is 5.32 Å². The fourth-order valence-electron chi connectivity index (χ4n) is 2.30. The second-order valence-electron chi connectivity index (χ2n) is 5.02. The van der Waals surface area contributed by atoms with E-state index in [0.29, 0.717) is 18.0 Å². The third-order valence-corrected chi connectivity index (χ3v) is 3.42. The highest BCUT2D eigenvalue weighted by Crippen LogP contribution is 2.14. The second-order valence-corrected chi connectivity index (χ2v) is 5.02. The van der Waals surface area contributed by atoms with Crippen LogP contribution in [0.2, 0.25) is 0 Å². The molecule has 3 rings (SSSR count). The first-order valence-electron chi connectivity index (χ1n) is 7.17. The van der Waals surface area contributed by atoms with Gasteiger partial charge in [-0.05, 0) is 17.2 Å². The number of carbonyl (C=O) groups excluding carboxylic acids is 1. The van der Waals surface area contributed by atoms with Crippen LogP contribution in [0.25, 0.3) is 6.08 Å². The summed E-state index contributed by atoms with van der Waals surface area (Å²) >= 11 is 0. The quantitative estimate of drug-likeness (QED) is 0.676. The minimum Gasteiger partial charge on any atom is -0.410 e. The molecule has 1 aliphatic rings. The van der Waals surface area contributed by atoms with E-state index in [4.69, 9.17) is 5.21 Å². The summed E-state index contributed by atoms with van der Waals surface area (Å²) in [5, 5.41) is 14.9. The monoisotopic (exact) mass is 305 g/mol. The average Bonchev–Trinajstić information content (AvgIpc) is 2.89. The summed E-state index contributed by atoms with van der Waals surface area (Å²) in [6.07, 6.45) is 1.81. The summed E-state index contributed by atoms with van der Waals surface area (Å²) < 4.78 is 0. The van der Waals surface area contributed by atoms with Gasteiger partial charge in [0.2, 0.25) is 0 Å². The molecule has 0 aliphatic carbocycles. The Morgan fingerprint density at radius 1 is 0.957 bits per heavy atom. The van der Waals surface area contributed by atoms with E-state index in [1.807, 2.05) is 60.7 Å². The van der Waals surface area contributed by atoms with Gasteiger partial charge in [-0.3, -0.25) is 9.79 Å². The lowest BCUT2D eigenvalue weighted by atomic mass is 10.1. The van der Waals surface area contributed by atoms with E-state index in [1.165, 1.54) is 0 Å². The van der Waals surface area contributed by atoms with Gasteiger partial charge >= 0.3 is 0 Å². The SMILES string of the molecule is O=C1NC(=Cc2ccccc2)C(=NCc2ccccc2)C1=NO. The molecule has 114 valence electrons. The smallest absolute Gasteiger partial charge is 0.280 e. The predicted molar refractivity (Wildman–Crippen MR) is 89.4 cm³/mol. The van der Waals surface area contributed by atoms with E-state index in [-0.39, 0.29) is 5.71 Å². The number of amides is 1. The van der Waals surface area contributed by atoms with Gasteiger partial charge in [0.1, 0.15) is 5.71 Å². The van der Waals surface area contributed by atoms with Crippen molar-refractivity contribution in [3.05, 3.63) is 77.5 Å². The van der Waals surface area contributed by atoms with Crippen molar-refractivity contribution in [1.29, 1.82) is 0 Å². The van der Waals surface area contributed by atoms with Crippen molar-refractivity contribution in [2.24, 2.45) is 10.1 Å². The molecule has 2 aromatic carbocycles. The van der Waals surface area contributed by atoms with E-state index in [9.17, 15) is 4.79 Å². The molecule has 1 fully saturated rings. The molecule has 1 saturated heterocycles. The van der Waals surface area contributed by atoms with Gasteiger partial charge in [-0.1, -0.05) is 65.8 Å². The molecule has 5 nitrogen and oxygen atoms in total. The van der Waals surface area contributed by atoms with Crippen LogP contribution < -0.4 is 5.32 Å². The van der Waals surface area contributed by atoms with Crippen LogP contribution >= 0.6 is 0 Å². The number of hydrogen-bond donors (Lipinski definition) is 2. The third kappa shape index (κ3) is 3.35. The van der Waals surface area contributed by atoms with Crippen LogP contribution in [0.4, 0.5) is 0 Å². The first-order valence-corrected chi connectivity index (χ1v) is 7.17. The molecule has 0 spiro atoms. The molecule has 1 heterocycles. The van der Waals surface area contributed by atoms with Crippen LogP contribution in [0.3, 0.4) is 0 Å². The summed E-state index contributed by atoms with van der Waals surface area (Å²) in [7, 11) is 0. The normalized spacial score (nSPS) is 19.5. The van der Waals surface area contributed by atoms with Crippen molar-refractivity contribution in [3.63, 3.8) is 0 Å². The topological polar surface area (TPSA) is 74.0 Å². The van der Waals surface area contributed by atoms with E-state index in [2.05, 4.69) is 15.5 Å². The highest BCUT2D eigenvalue weighted by Gasteiger charge is 2.31. The Morgan fingerprint density at radius 2 is 1.61 bits per heavy atom. The summed E-state index contributed by atoms with van der Waals surface area (Å²) in [6, 6.07) is 19.2. The van der Waals surface area contributed by atoms with E-state index < -0.39 is 5.91 Å². The molecule has 0 atom stereocenters. The average molecular weight is 305 g/mol. The maximum Gasteiger partial charge on any atom is 0.280 e. The van der Waals surface area contributed by atoms with E-state index in [0.717, 1.165) is 11.1 Å². The molecular formula is C18H15N3O2. The number of nitrogens with zero attached hydrogens (tertiary/aromatic N) is 2. The number of allylic oxidation sites excluding steroid dienone is 1. The number of aliphatic imine (C=N–C) groups is 1. The van der Waals surface area contributed by atoms with Crippen molar-refractivity contribution in [3.8, 4) is 0 Å². The third-order valence-electron chi connectivity index (χ3n) is 3.42. The molecule has 23 heavy (non-hydrogen) atoms. The van der Waals surface area contributed by atoms with Crippen LogP contribution in [-0.4, -0.2) is 22.5 Å². The first-order chi connectivity index (χ1) is 11.3. The number of oxime groups is 1. The fourth-order valence-corrected chi connectivity index (χ4v) is 2.30. The van der Waals surface area contributed by atoms with Crippen LogP contribution in [0.15, 0.2) is 76.5 Å². The lowest BCUT2D eigenvalue weighted by molar-refractivity contribution is -0.113. The van der Waals surface area contributed by atoms with E-state index in [1.54, 1.807) is 6.08 Å².